The maximum atomic E-state index is 13.6. The van der Waals surface area contributed by atoms with Crippen LogP contribution in [0.3, 0.4) is 0 Å². The summed E-state index contributed by atoms with van der Waals surface area (Å²) in [5, 5.41) is 0. The molecule has 0 spiro atoms. The van der Waals surface area contributed by atoms with Crippen LogP contribution < -0.4 is 5.56 Å². The van der Waals surface area contributed by atoms with Crippen molar-refractivity contribution in [1.82, 2.24) is 14.5 Å². The van der Waals surface area contributed by atoms with Gasteiger partial charge in [0, 0.05) is 24.2 Å². The van der Waals surface area contributed by atoms with Crippen molar-refractivity contribution in [3.63, 3.8) is 0 Å². The largest absolute Gasteiger partial charge is 0.461 e. The summed E-state index contributed by atoms with van der Waals surface area (Å²) in [6.07, 6.45) is 19.5. The van der Waals surface area contributed by atoms with Crippen molar-refractivity contribution in [1.29, 1.82) is 0 Å². The highest BCUT2D eigenvalue weighted by Crippen LogP contribution is 2.44. The highest BCUT2D eigenvalue weighted by atomic mass is 16.5. The Morgan fingerprint density at radius 1 is 0.833 bits per heavy atom. The zero-order valence-corrected chi connectivity index (χ0v) is 22.0. The molecule has 1 aromatic carbocycles. The van der Waals surface area contributed by atoms with Crippen molar-refractivity contribution in [3.8, 4) is 0 Å². The summed E-state index contributed by atoms with van der Waals surface area (Å²) in [6.45, 7) is 1.99. The molecule has 2 bridgehead atoms. The first-order valence-electron chi connectivity index (χ1n) is 14.6. The molecule has 1 aliphatic carbocycles. The SMILES string of the molecule is CCOC(=O)c1nc2ccccc2n(C2C[C@H]3CC[C@@H](C2)N3C2CCCCCCCCCCC2)c1=O. The standard InChI is InChI=1S/C30H43N3O3/c1-2-36-30(35)28-29(34)33(27-17-13-12-16-26(27)31-28)25-20-23-18-19-24(21-25)32(23)22-14-10-8-6-4-3-5-7-9-11-15-22/h12-13,16-17,22-25H,2-11,14-15,18-21H2,1H3/t23-,24+,25?. The topological polar surface area (TPSA) is 64.4 Å². The van der Waals surface area contributed by atoms with Gasteiger partial charge in [0.2, 0.25) is 5.69 Å². The molecule has 6 nitrogen and oxygen atoms in total. The van der Waals surface area contributed by atoms with Gasteiger partial charge in [0.15, 0.2) is 0 Å². The van der Waals surface area contributed by atoms with Gasteiger partial charge in [-0.2, -0.15) is 0 Å². The number of ether oxygens (including phenoxy) is 1. The first-order valence-corrected chi connectivity index (χ1v) is 14.6. The number of piperidine rings is 1. The third-order valence-electron chi connectivity index (χ3n) is 8.89. The van der Waals surface area contributed by atoms with Gasteiger partial charge in [0.25, 0.3) is 5.56 Å². The van der Waals surface area contributed by atoms with Crippen LogP contribution in [-0.2, 0) is 4.74 Å². The number of esters is 1. The van der Waals surface area contributed by atoms with Gasteiger partial charge in [-0.15, -0.1) is 0 Å². The van der Waals surface area contributed by atoms with E-state index in [0.29, 0.717) is 23.6 Å². The van der Waals surface area contributed by atoms with Crippen molar-refractivity contribution in [2.75, 3.05) is 6.61 Å². The molecule has 36 heavy (non-hydrogen) atoms. The number of para-hydroxylation sites is 2. The van der Waals surface area contributed by atoms with E-state index in [1.165, 1.54) is 83.5 Å². The maximum absolute atomic E-state index is 13.6. The molecule has 3 fully saturated rings. The first kappa shape index (κ1) is 25.4. The summed E-state index contributed by atoms with van der Waals surface area (Å²) in [7, 11) is 0. The van der Waals surface area contributed by atoms with Gasteiger partial charge in [-0.3, -0.25) is 9.69 Å². The molecule has 1 saturated carbocycles. The predicted octanol–water partition coefficient (Wildman–Crippen LogP) is 6.41. The molecular formula is C30H43N3O3. The second-order valence-corrected chi connectivity index (χ2v) is 11.2. The number of hydrogen-bond donors (Lipinski definition) is 0. The Balaban J connectivity index is 1.40. The average molecular weight is 494 g/mol. The van der Waals surface area contributed by atoms with E-state index in [0.717, 1.165) is 18.4 Å². The molecule has 3 aliphatic rings. The molecule has 196 valence electrons. The lowest BCUT2D eigenvalue weighted by atomic mass is 9.90. The van der Waals surface area contributed by atoms with Gasteiger partial charge in [-0.1, -0.05) is 69.9 Å². The molecule has 0 amide bonds. The van der Waals surface area contributed by atoms with Crippen LogP contribution in [0.4, 0.5) is 0 Å². The lowest BCUT2D eigenvalue weighted by molar-refractivity contribution is 0.0493. The van der Waals surface area contributed by atoms with E-state index in [-0.39, 0.29) is 23.9 Å². The average Bonchev–Trinajstić information content (AvgIpc) is 3.13. The molecular weight excluding hydrogens is 450 g/mol. The second-order valence-electron chi connectivity index (χ2n) is 11.2. The zero-order valence-electron chi connectivity index (χ0n) is 22.0. The van der Waals surface area contributed by atoms with Gasteiger partial charge in [0.1, 0.15) is 0 Å². The maximum Gasteiger partial charge on any atom is 0.362 e. The quantitative estimate of drug-likeness (QED) is 0.460. The Kier molecular flexibility index (Phi) is 8.40. The summed E-state index contributed by atoms with van der Waals surface area (Å²) in [5.74, 6) is -0.615. The van der Waals surface area contributed by atoms with E-state index in [1.54, 1.807) is 6.92 Å². The number of benzene rings is 1. The van der Waals surface area contributed by atoms with Crippen LogP contribution in [0.5, 0.6) is 0 Å². The molecule has 3 atom stereocenters. The van der Waals surface area contributed by atoms with Gasteiger partial charge in [-0.25, -0.2) is 9.78 Å². The molecule has 3 heterocycles. The van der Waals surface area contributed by atoms with Gasteiger partial charge in [0.05, 0.1) is 17.6 Å². The smallest absolute Gasteiger partial charge is 0.362 e. The van der Waals surface area contributed by atoms with Crippen LogP contribution in [0.1, 0.15) is 120 Å². The fourth-order valence-electron chi connectivity index (χ4n) is 7.28. The molecule has 0 N–H and O–H groups in total. The lowest BCUT2D eigenvalue weighted by Crippen LogP contribution is -2.50. The minimum Gasteiger partial charge on any atom is -0.461 e. The van der Waals surface area contributed by atoms with E-state index in [1.807, 2.05) is 28.8 Å². The summed E-state index contributed by atoms with van der Waals surface area (Å²) < 4.78 is 7.07. The summed E-state index contributed by atoms with van der Waals surface area (Å²) >= 11 is 0. The Bertz CT molecular complexity index is 1070. The minimum absolute atomic E-state index is 0.0790. The fraction of sp³-hybridized carbons (Fsp3) is 0.700. The van der Waals surface area contributed by atoms with Crippen molar-refractivity contribution in [3.05, 3.63) is 40.3 Å². The Morgan fingerprint density at radius 2 is 1.42 bits per heavy atom. The number of nitrogens with zero attached hydrogens (tertiary/aromatic N) is 3. The predicted molar refractivity (Wildman–Crippen MR) is 143 cm³/mol. The Morgan fingerprint density at radius 3 is 2.03 bits per heavy atom. The highest BCUT2D eigenvalue weighted by Gasteiger charge is 2.44. The van der Waals surface area contributed by atoms with E-state index >= 15 is 0 Å². The van der Waals surface area contributed by atoms with Gasteiger partial charge >= 0.3 is 5.97 Å². The molecule has 2 saturated heterocycles. The van der Waals surface area contributed by atoms with Crippen molar-refractivity contribution < 1.29 is 9.53 Å². The zero-order chi connectivity index (χ0) is 24.9. The first-order chi connectivity index (χ1) is 17.7. The molecule has 1 aromatic heterocycles. The lowest BCUT2D eigenvalue weighted by Gasteiger charge is -2.44. The van der Waals surface area contributed by atoms with Crippen LogP contribution in [0.15, 0.2) is 29.1 Å². The van der Waals surface area contributed by atoms with Crippen molar-refractivity contribution >= 4 is 17.0 Å². The van der Waals surface area contributed by atoms with Gasteiger partial charge < -0.3 is 9.30 Å². The third kappa shape index (κ3) is 5.39. The van der Waals surface area contributed by atoms with Crippen LogP contribution in [0.2, 0.25) is 0 Å². The van der Waals surface area contributed by atoms with Crippen molar-refractivity contribution in [2.45, 2.75) is 127 Å². The number of aromatic nitrogens is 2. The highest BCUT2D eigenvalue weighted by molar-refractivity contribution is 5.89. The summed E-state index contributed by atoms with van der Waals surface area (Å²) in [6, 6.07) is 9.56. The fourth-order valence-corrected chi connectivity index (χ4v) is 7.28. The number of rotatable bonds is 4. The molecule has 2 aromatic rings. The summed E-state index contributed by atoms with van der Waals surface area (Å²) in [5.41, 5.74) is 1.15. The van der Waals surface area contributed by atoms with E-state index in [4.69, 9.17) is 4.74 Å². The third-order valence-corrected chi connectivity index (χ3v) is 8.89. The molecule has 1 unspecified atom stereocenters. The molecule has 2 aliphatic heterocycles. The van der Waals surface area contributed by atoms with Crippen LogP contribution in [-0.4, -0.2) is 45.2 Å². The molecule has 6 heteroatoms. The normalized spacial score (nSPS) is 26.9. The second kappa shape index (κ2) is 11.9. The van der Waals surface area contributed by atoms with Crippen LogP contribution in [0, 0.1) is 0 Å². The number of carbonyl (C=O) groups is 1. The summed E-state index contributed by atoms with van der Waals surface area (Å²) in [4.78, 5) is 33.5. The number of hydrogen-bond acceptors (Lipinski definition) is 5. The molecule has 5 rings (SSSR count). The van der Waals surface area contributed by atoms with Crippen molar-refractivity contribution in [2.24, 2.45) is 0 Å². The van der Waals surface area contributed by atoms with Crippen LogP contribution >= 0.6 is 0 Å². The van der Waals surface area contributed by atoms with Gasteiger partial charge in [-0.05, 0) is 57.6 Å². The van der Waals surface area contributed by atoms with E-state index in [9.17, 15) is 9.59 Å². The number of fused-ring (bicyclic) bond motifs is 3. The van der Waals surface area contributed by atoms with Crippen LogP contribution in [0.25, 0.3) is 11.0 Å². The molecule has 0 radical (unpaired) electrons. The van der Waals surface area contributed by atoms with E-state index in [2.05, 4.69) is 9.88 Å². The Labute approximate surface area is 215 Å². The Hall–Kier alpha value is -2.21. The number of carbonyl (C=O) groups excluding carboxylic acids is 1. The van der Waals surface area contributed by atoms with E-state index < -0.39 is 5.97 Å². The minimum atomic E-state index is -0.615. The monoisotopic (exact) mass is 493 g/mol.